The lowest BCUT2D eigenvalue weighted by molar-refractivity contribution is -0.363. The second-order valence-electron chi connectivity index (χ2n) is 26.3. The first-order valence-electron chi connectivity index (χ1n) is 27.9. The molecule has 0 aromatic carbocycles. The summed E-state index contributed by atoms with van der Waals surface area (Å²) in [6, 6.07) is 0. The van der Waals surface area contributed by atoms with Gasteiger partial charge in [0.1, 0.15) is 85.3 Å². The molecule has 0 unspecified atom stereocenters. The Bertz CT molecular complexity index is 2310. The van der Waals surface area contributed by atoms with Crippen LogP contribution in [0.4, 0.5) is 0 Å². The van der Waals surface area contributed by atoms with E-state index in [4.69, 9.17) is 33.2 Å². The third kappa shape index (κ3) is 10.7. The second kappa shape index (κ2) is 22.7. The topological polar surface area (TPSA) is 405 Å². The van der Waals surface area contributed by atoms with Crippen LogP contribution in [-0.4, -0.2) is 227 Å². The van der Waals surface area contributed by atoms with E-state index in [2.05, 4.69) is 45.4 Å². The van der Waals surface area contributed by atoms with E-state index in [9.17, 15) is 80.8 Å². The zero-order valence-corrected chi connectivity index (χ0v) is 46.7. The summed E-state index contributed by atoms with van der Waals surface area (Å²) in [5, 5.41) is 144. The maximum Gasteiger partial charge on any atom is 0.317 e. The molecule has 0 aromatic heterocycles. The fourth-order valence-electron chi connectivity index (χ4n) is 15.9. The van der Waals surface area contributed by atoms with Crippen LogP contribution in [0.25, 0.3) is 0 Å². The van der Waals surface area contributed by atoms with Crippen molar-refractivity contribution in [3.63, 3.8) is 0 Å². The van der Waals surface area contributed by atoms with Crippen molar-refractivity contribution < 1.29 is 123 Å². The number of carbonyl (C=O) groups excluding carboxylic acids is 3. The number of methoxy groups -OCH3 is 1. The number of allylic oxidation sites excluding steroid dienone is 2. The van der Waals surface area contributed by atoms with E-state index in [1.165, 1.54) is 6.92 Å². The number of ether oxygens (including phenoxy) is 8. The van der Waals surface area contributed by atoms with Gasteiger partial charge in [-0.15, -0.1) is 0 Å². The van der Waals surface area contributed by atoms with Crippen molar-refractivity contribution in [1.29, 1.82) is 0 Å². The predicted octanol–water partition coefficient (Wildman–Crippen LogP) is -1.57. The zero-order chi connectivity index (χ0) is 59.2. The van der Waals surface area contributed by atoms with Crippen LogP contribution in [-0.2, 0) is 57.1 Å². The lowest BCUT2D eigenvalue weighted by Crippen LogP contribution is -2.69. The smallest absolute Gasteiger partial charge is 0.317 e. The minimum atomic E-state index is -2.14. The van der Waals surface area contributed by atoms with Crippen molar-refractivity contribution in [2.75, 3.05) is 26.9 Å². The van der Waals surface area contributed by atoms with Crippen LogP contribution in [0.2, 0.25) is 0 Å². The van der Waals surface area contributed by atoms with E-state index in [1.54, 1.807) is 6.92 Å². The second-order valence-corrected chi connectivity index (χ2v) is 26.3. The number of carboxylic acids is 1. The van der Waals surface area contributed by atoms with Crippen LogP contribution >= 0.6 is 0 Å². The van der Waals surface area contributed by atoms with Crippen molar-refractivity contribution >= 4 is 23.9 Å². The molecule has 0 amide bonds. The Morgan fingerprint density at radius 2 is 1.26 bits per heavy atom. The Kier molecular flexibility index (Phi) is 17.9. The van der Waals surface area contributed by atoms with Gasteiger partial charge in [0.15, 0.2) is 12.6 Å². The first-order chi connectivity index (χ1) is 37.2. The Balaban J connectivity index is 1.07. The molecule has 3 saturated heterocycles. The Hall–Kier alpha value is -3.06. The fourth-order valence-corrected chi connectivity index (χ4v) is 15.9. The molecule has 5 aliphatic carbocycles. The molecule has 26 atom stereocenters. The highest BCUT2D eigenvalue weighted by Crippen LogP contribution is 2.76. The minimum absolute atomic E-state index is 0.0556. The number of hydrogen-bond acceptors (Lipinski definition) is 24. The molecular formula is C55H86O25. The van der Waals surface area contributed by atoms with Crippen LogP contribution in [0.15, 0.2) is 11.6 Å². The molecule has 7 fully saturated rings. The van der Waals surface area contributed by atoms with Gasteiger partial charge >= 0.3 is 23.9 Å². The number of carbonyl (C=O) groups is 4. The normalized spacial score (nSPS) is 48.8. The summed E-state index contributed by atoms with van der Waals surface area (Å²) >= 11 is 0. The number of rotatable bonds is 15. The fraction of sp³-hybridized carbons (Fsp3) is 0.891. The average Bonchev–Trinajstić information content (AvgIpc) is 3.58. The van der Waals surface area contributed by atoms with Gasteiger partial charge in [-0.25, -0.2) is 0 Å². The predicted molar refractivity (Wildman–Crippen MR) is 269 cm³/mol. The van der Waals surface area contributed by atoms with Gasteiger partial charge in [0.25, 0.3) is 0 Å². The molecule has 456 valence electrons. The van der Waals surface area contributed by atoms with Crippen LogP contribution in [0.3, 0.4) is 0 Å². The van der Waals surface area contributed by atoms with E-state index in [-0.39, 0.29) is 30.1 Å². The molecular weight excluding hydrogens is 1060 g/mol. The zero-order valence-electron chi connectivity index (χ0n) is 46.7. The van der Waals surface area contributed by atoms with Gasteiger partial charge < -0.3 is 104 Å². The third-order valence-corrected chi connectivity index (χ3v) is 20.9. The molecule has 0 bridgehead atoms. The number of esters is 3. The van der Waals surface area contributed by atoms with Crippen LogP contribution in [0.1, 0.15) is 119 Å². The SMILES string of the molecule is COC(=O)C[C@@](C)(O)CC(=O)OC[C@H]1O[C@@H](OC[C@H]2O[C@@H](OC(=O)[C@]34CCC(C)(C)C[C@H]3C3=CC[C@@H]5[C@@]6(C)CC[C@H](O)[C@@](C)(C(=O)O)[C@@H]6CC[C@@]5(C)[C@]3(C)C[C@H]4O)[C@H](O)[C@@H](O[C@@H]3O[C@H](CO)[C@@H](O)[C@H](O)[C@H]3O)[C@@H]2O)[C@H](O)[C@@H](O)[C@@H]1O. The molecule has 4 saturated carbocycles. The number of fused-ring (bicyclic) bond motifs is 7. The maximum atomic E-state index is 15.5. The molecule has 0 radical (unpaired) electrons. The molecule has 80 heavy (non-hydrogen) atoms. The number of aliphatic hydroxyl groups excluding tert-OH is 11. The summed E-state index contributed by atoms with van der Waals surface area (Å²) in [5.41, 5.74) is -6.03. The van der Waals surface area contributed by atoms with Gasteiger partial charge in [-0.3, -0.25) is 19.2 Å². The van der Waals surface area contributed by atoms with Crippen LogP contribution < -0.4 is 0 Å². The number of hydrogen-bond donors (Lipinski definition) is 13. The Morgan fingerprint density at radius 1 is 0.662 bits per heavy atom. The van der Waals surface area contributed by atoms with E-state index >= 15 is 4.79 Å². The summed E-state index contributed by atoms with van der Waals surface area (Å²) in [7, 11) is 1.09. The standard InChI is InChI=1S/C55H86O25/c1-49(2)15-16-55(25(17-49)24-9-10-29-51(4)13-12-31(57)54(7,47(69)70)30(51)11-14-52(29,5)53(24,6)18-32(55)58)48(71)80-46-42(68)43(79-45-41(67)38(64)35(61)26(21-56)76-45)37(63)28(78-46)23-75-44-40(66)39(65)36(62)27(77-44)22-74-34(60)20-50(3,72)19-33(59)73-8/h9,25-32,35-46,56-58,61-68,72H,10-23H2,1-8H3,(H,69,70)/t25-,26+,27+,28+,29+,30+,31-,32+,35+,36+,37+,38-,39-,40+,41+,42+,43-,44+,45-,46-,50+,51+,52+,53+,54-,55+/m0/s1. The summed E-state index contributed by atoms with van der Waals surface area (Å²) < 4.78 is 45.1. The summed E-state index contributed by atoms with van der Waals surface area (Å²) in [4.78, 5) is 52.9. The Labute approximate surface area is 464 Å². The highest BCUT2D eigenvalue weighted by atomic mass is 16.8. The quantitative estimate of drug-likeness (QED) is 0.0500. The number of carboxylic acid groups (broad SMARTS) is 1. The van der Waals surface area contributed by atoms with Gasteiger partial charge in [0.2, 0.25) is 6.29 Å². The summed E-state index contributed by atoms with van der Waals surface area (Å²) in [6.07, 6.45) is -26.4. The lowest BCUT2D eigenvalue weighted by Gasteiger charge is -2.71. The molecule has 3 aliphatic heterocycles. The number of aliphatic hydroxyl groups is 12. The molecule has 25 nitrogen and oxygen atoms in total. The van der Waals surface area contributed by atoms with E-state index < -0.39 is 199 Å². The van der Waals surface area contributed by atoms with E-state index in [1.807, 2.05) is 0 Å². The molecule has 8 aliphatic rings. The third-order valence-electron chi connectivity index (χ3n) is 20.9. The van der Waals surface area contributed by atoms with E-state index in [0.29, 0.717) is 44.9 Å². The number of aliphatic carboxylic acids is 1. The molecule has 8 rings (SSSR count). The molecule has 13 N–H and O–H groups in total. The van der Waals surface area contributed by atoms with Crippen LogP contribution in [0, 0.1) is 50.2 Å². The highest BCUT2D eigenvalue weighted by Gasteiger charge is 2.73. The largest absolute Gasteiger partial charge is 0.481 e. The maximum absolute atomic E-state index is 15.5. The van der Waals surface area contributed by atoms with Gasteiger partial charge in [-0.1, -0.05) is 46.3 Å². The minimum Gasteiger partial charge on any atom is -0.481 e. The van der Waals surface area contributed by atoms with Crippen molar-refractivity contribution in [2.45, 2.75) is 229 Å². The first-order valence-corrected chi connectivity index (χ1v) is 27.9. The molecule has 0 aromatic rings. The Morgan fingerprint density at radius 3 is 1.90 bits per heavy atom. The van der Waals surface area contributed by atoms with Gasteiger partial charge in [0, 0.05) is 0 Å². The van der Waals surface area contributed by atoms with Crippen molar-refractivity contribution in [2.24, 2.45) is 50.2 Å². The summed E-state index contributed by atoms with van der Waals surface area (Å²) in [6.45, 7) is 11.0. The molecule has 25 heteroatoms. The lowest BCUT2D eigenvalue weighted by atomic mass is 9.33. The van der Waals surface area contributed by atoms with Crippen molar-refractivity contribution in [3.05, 3.63) is 11.6 Å². The van der Waals surface area contributed by atoms with E-state index in [0.717, 1.165) is 12.7 Å². The van der Waals surface area contributed by atoms with Gasteiger partial charge in [-0.2, -0.15) is 0 Å². The highest BCUT2D eigenvalue weighted by molar-refractivity contribution is 5.80. The average molecular weight is 1150 g/mol. The van der Waals surface area contributed by atoms with Crippen molar-refractivity contribution in [1.82, 2.24) is 0 Å². The van der Waals surface area contributed by atoms with Crippen molar-refractivity contribution in [3.8, 4) is 0 Å². The van der Waals surface area contributed by atoms with Gasteiger partial charge in [-0.05, 0) is 111 Å². The van der Waals surface area contributed by atoms with Crippen LogP contribution in [0.5, 0.6) is 0 Å². The monoisotopic (exact) mass is 1150 g/mol. The van der Waals surface area contributed by atoms with Gasteiger partial charge in [0.05, 0.1) is 56.4 Å². The molecule has 0 spiro atoms. The molecule has 3 heterocycles. The summed E-state index contributed by atoms with van der Waals surface area (Å²) in [5.74, 6) is -4.88. The first kappa shape index (κ1) is 63.0.